The lowest BCUT2D eigenvalue weighted by Gasteiger charge is -2.43. The predicted octanol–water partition coefficient (Wildman–Crippen LogP) is 2.35. The fraction of sp³-hybridized carbons (Fsp3) is 0.895. The van der Waals surface area contributed by atoms with E-state index in [2.05, 4.69) is 27.4 Å². The van der Waals surface area contributed by atoms with Crippen LogP contribution in [0.5, 0.6) is 0 Å². The van der Waals surface area contributed by atoms with Crippen molar-refractivity contribution < 1.29 is 28.4 Å². The van der Waals surface area contributed by atoms with Crippen LogP contribution in [0.3, 0.4) is 0 Å². The van der Waals surface area contributed by atoms with Gasteiger partial charge in [0, 0.05) is 13.0 Å². The minimum Gasteiger partial charge on any atom is -0.379 e. The molecule has 0 aromatic carbocycles. The van der Waals surface area contributed by atoms with E-state index in [-0.39, 0.29) is 23.4 Å². The third-order valence-electron chi connectivity index (χ3n) is 4.36. The van der Waals surface area contributed by atoms with Gasteiger partial charge in [0.2, 0.25) is 0 Å². The summed E-state index contributed by atoms with van der Waals surface area (Å²) in [7, 11) is 0. The molecule has 3 atom stereocenters. The van der Waals surface area contributed by atoms with Crippen LogP contribution in [0.1, 0.15) is 33.6 Å². The van der Waals surface area contributed by atoms with E-state index in [1.165, 1.54) is 0 Å². The van der Waals surface area contributed by atoms with Crippen LogP contribution < -0.4 is 0 Å². The van der Waals surface area contributed by atoms with Crippen LogP contribution in [0.2, 0.25) is 0 Å². The van der Waals surface area contributed by atoms with Crippen LogP contribution in [-0.2, 0) is 28.4 Å². The minimum absolute atomic E-state index is 0.117. The van der Waals surface area contributed by atoms with Gasteiger partial charge in [-0.15, -0.1) is 6.58 Å². The Morgan fingerprint density at radius 1 is 1.00 bits per heavy atom. The average molecular weight is 358 g/mol. The fourth-order valence-corrected chi connectivity index (χ4v) is 3.29. The van der Waals surface area contributed by atoms with Crippen LogP contribution in [0.15, 0.2) is 12.7 Å². The van der Waals surface area contributed by atoms with Crippen molar-refractivity contribution in [3.05, 3.63) is 12.7 Å². The Balaban J connectivity index is 1.55. The lowest BCUT2D eigenvalue weighted by atomic mass is 9.83. The van der Waals surface area contributed by atoms with E-state index in [1.54, 1.807) is 0 Å². The van der Waals surface area contributed by atoms with Gasteiger partial charge in [-0.25, -0.2) is 0 Å². The first-order valence-electron chi connectivity index (χ1n) is 9.32. The lowest BCUT2D eigenvalue weighted by Crippen LogP contribution is -2.55. The Morgan fingerprint density at radius 3 is 2.08 bits per heavy atom. The molecule has 0 aromatic rings. The molecule has 2 saturated heterocycles. The van der Waals surface area contributed by atoms with Gasteiger partial charge in [0.25, 0.3) is 0 Å². The Hall–Kier alpha value is -0.500. The van der Waals surface area contributed by atoms with Gasteiger partial charge in [-0.05, 0) is 20.3 Å². The van der Waals surface area contributed by atoms with E-state index in [4.69, 9.17) is 28.4 Å². The molecule has 0 radical (unpaired) electrons. The van der Waals surface area contributed by atoms with Gasteiger partial charge < -0.3 is 28.4 Å². The average Bonchev–Trinajstić information content (AvgIpc) is 3.32. The van der Waals surface area contributed by atoms with Gasteiger partial charge in [0.1, 0.15) is 17.8 Å². The van der Waals surface area contributed by atoms with Gasteiger partial charge >= 0.3 is 0 Å². The zero-order valence-corrected chi connectivity index (χ0v) is 16.0. The number of rotatable bonds is 13. The molecule has 2 aliphatic rings. The first kappa shape index (κ1) is 20.8. The molecule has 2 heterocycles. The van der Waals surface area contributed by atoms with Crippen molar-refractivity contribution >= 4 is 0 Å². The third-order valence-corrected chi connectivity index (χ3v) is 4.36. The normalized spacial score (nSPS) is 30.5. The van der Waals surface area contributed by atoms with Crippen molar-refractivity contribution in [2.75, 3.05) is 52.9 Å². The van der Waals surface area contributed by atoms with Crippen molar-refractivity contribution in [3.8, 4) is 0 Å². The Labute approximate surface area is 151 Å². The van der Waals surface area contributed by atoms with Crippen molar-refractivity contribution in [1.29, 1.82) is 0 Å². The van der Waals surface area contributed by atoms with E-state index in [0.717, 1.165) is 26.1 Å². The quantitative estimate of drug-likeness (QED) is 0.286. The first-order chi connectivity index (χ1) is 12.0. The molecule has 146 valence electrons. The van der Waals surface area contributed by atoms with E-state index < -0.39 is 0 Å². The molecule has 6 nitrogen and oxygen atoms in total. The Kier molecular flexibility index (Phi) is 8.32. The summed E-state index contributed by atoms with van der Waals surface area (Å²) in [6.45, 7) is 15.0. The van der Waals surface area contributed by atoms with Crippen LogP contribution in [0, 0.1) is 0 Å². The molecule has 0 unspecified atom stereocenters. The van der Waals surface area contributed by atoms with Gasteiger partial charge in [-0.3, -0.25) is 0 Å². The maximum atomic E-state index is 6.07. The maximum Gasteiger partial charge on any atom is 0.123 e. The first-order valence-corrected chi connectivity index (χ1v) is 9.32. The summed E-state index contributed by atoms with van der Waals surface area (Å²) in [6.07, 6.45) is 3.41. The van der Waals surface area contributed by atoms with Crippen molar-refractivity contribution in [2.45, 2.75) is 57.0 Å². The predicted molar refractivity (Wildman–Crippen MR) is 94.9 cm³/mol. The van der Waals surface area contributed by atoms with Crippen molar-refractivity contribution in [3.63, 3.8) is 0 Å². The zero-order valence-electron chi connectivity index (χ0n) is 16.0. The van der Waals surface area contributed by atoms with Gasteiger partial charge in [0.05, 0.1) is 51.8 Å². The molecule has 0 aromatic heterocycles. The van der Waals surface area contributed by atoms with E-state index in [0.29, 0.717) is 39.6 Å². The van der Waals surface area contributed by atoms with Crippen molar-refractivity contribution in [2.24, 2.45) is 0 Å². The van der Waals surface area contributed by atoms with Crippen LogP contribution in [-0.4, -0.2) is 76.3 Å². The largest absolute Gasteiger partial charge is 0.379 e. The summed E-state index contributed by atoms with van der Waals surface area (Å²) in [5, 5.41) is 0. The van der Waals surface area contributed by atoms with E-state index in [9.17, 15) is 0 Å². The monoisotopic (exact) mass is 358 g/mol. The summed E-state index contributed by atoms with van der Waals surface area (Å²) in [6, 6.07) is 0. The second-order valence-electron chi connectivity index (χ2n) is 7.24. The lowest BCUT2D eigenvalue weighted by molar-refractivity contribution is -0.191. The minimum atomic E-state index is -0.220. The highest BCUT2D eigenvalue weighted by Gasteiger charge is 2.61. The fourth-order valence-electron chi connectivity index (χ4n) is 3.29. The summed E-state index contributed by atoms with van der Waals surface area (Å²) in [5.74, 6) is 0. The van der Waals surface area contributed by atoms with E-state index in [1.807, 2.05) is 6.08 Å². The number of hydrogen-bond acceptors (Lipinski definition) is 6. The van der Waals surface area contributed by atoms with Gasteiger partial charge in [-0.1, -0.05) is 13.0 Å². The highest BCUT2D eigenvalue weighted by molar-refractivity contribution is 5.12. The molecule has 0 N–H and O–H groups in total. The number of epoxide rings is 1. The van der Waals surface area contributed by atoms with Crippen molar-refractivity contribution in [1.82, 2.24) is 0 Å². The molecule has 0 bridgehead atoms. The number of hydrogen-bond donors (Lipinski definition) is 0. The van der Waals surface area contributed by atoms with E-state index >= 15 is 0 Å². The zero-order chi connectivity index (χ0) is 18.2. The molecule has 0 saturated carbocycles. The molecule has 1 spiro atoms. The highest BCUT2D eigenvalue weighted by Crippen LogP contribution is 2.47. The topological polar surface area (TPSA) is 58.7 Å². The van der Waals surface area contributed by atoms with Crippen LogP contribution >= 0.6 is 0 Å². The summed E-state index contributed by atoms with van der Waals surface area (Å²) in [5.41, 5.74) is -0.438. The summed E-state index contributed by atoms with van der Waals surface area (Å²) >= 11 is 0. The molecule has 25 heavy (non-hydrogen) atoms. The summed E-state index contributed by atoms with van der Waals surface area (Å²) < 4.78 is 34.2. The number of ether oxygens (including phenoxy) is 6. The highest BCUT2D eigenvalue weighted by atomic mass is 16.6. The molecular weight excluding hydrogens is 324 g/mol. The summed E-state index contributed by atoms with van der Waals surface area (Å²) in [4.78, 5) is 0. The Morgan fingerprint density at radius 2 is 1.56 bits per heavy atom. The van der Waals surface area contributed by atoms with Gasteiger partial charge in [0.15, 0.2) is 0 Å². The smallest absolute Gasteiger partial charge is 0.123 e. The van der Waals surface area contributed by atoms with Gasteiger partial charge in [-0.2, -0.15) is 0 Å². The second-order valence-corrected chi connectivity index (χ2v) is 7.24. The molecular formula is C19H34O6. The molecule has 0 aliphatic carbocycles. The standard InChI is InChI=1S/C19H34O6/c1-5-7-20-8-9-21-10-11-22-12-13-23-17-16(6-2)25-18(3,4)14-19(17)15-24-19/h6,16-17H,2,5,7-15H2,1,3-4H3/t16-,17-,19-/m1/s1. The third kappa shape index (κ3) is 6.62. The molecule has 2 aliphatic heterocycles. The van der Waals surface area contributed by atoms with Crippen LogP contribution in [0.4, 0.5) is 0 Å². The Bertz CT molecular complexity index is 393. The second kappa shape index (κ2) is 10.00. The molecule has 0 amide bonds. The maximum absolute atomic E-state index is 6.07. The van der Waals surface area contributed by atoms with Crippen LogP contribution in [0.25, 0.3) is 0 Å². The molecule has 2 rings (SSSR count). The molecule has 2 fully saturated rings. The SMILES string of the molecule is C=C[C@H]1OC(C)(C)C[C@@]2(CO2)[C@@H]1OCCOCCOCCOCCC. The molecule has 6 heteroatoms.